The predicted octanol–water partition coefficient (Wildman–Crippen LogP) is 6.56. The number of benzene rings is 2. The van der Waals surface area contributed by atoms with Crippen molar-refractivity contribution in [2.45, 2.75) is 23.1 Å². The molecule has 198 valence electrons. The van der Waals surface area contributed by atoms with E-state index < -0.39 is 17.7 Å². The van der Waals surface area contributed by atoms with Crippen LogP contribution in [0.5, 0.6) is 5.75 Å². The van der Waals surface area contributed by atoms with Crippen LogP contribution in [0, 0.1) is 0 Å². The van der Waals surface area contributed by atoms with Gasteiger partial charge in [0.15, 0.2) is 4.34 Å². The second-order valence-corrected chi connectivity index (χ2v) is 11.3. The topological polar surface area (TPSA) is 106 Å². The number of ether oxygens (including phenoxy) is 1. The predicted molar refractivity (Wildman–Crippen MR) is 153 cm³/mol. The van der Waals surface area contributed by atoms with Crippen LogP contribution in [-0.2, 0) is 15.3 Å². The molecule has 1 fully saturated rings. The number of hydrogen-bond acceptors (Lipinski definition) is 9. The van der Waals surface area contributed by atoms with Crippen molar-refractivity contribution in [2.24, 2.45) is 0 Å². The Balaban J connectivity index is 1.54. The summed E-state index contributed by atoms with van der Waals surface area (Å²) in [6, 6.07) is 14.5. The summed E-state index contributed by atoms with van der Waals surface area (Å²) in [7, 11) is 0. The zero-order valence-electron chi connectivity index (χ0n) is 20.4. The number of aliphatic hydroxyl groups excluding tert-OH is 1. The number of ketones is 1. The quantitative estimate of drug-likeness (QED) is 0.0799. The number of aliphatic hydroxyl groups is 1. The van der Waals surface area contributed by atoms with Crippen molar-refractivity contribution in [2.75, 3.05) is 11.5 Å². The molecule has 1 aliphatic heterocycles. The van der Waals surface area contributed by atoms with E-state index >= 15 is 0 Å². The summed E-state index contributed by atoms with van der Waals surface area (Å²) in [5.41, 5.74) is 1.75. The first-order valence-corrected chi connectivity index (χ1v) is 14.3. The Morgan fingerprint density at radius 1 is 1.10 bits per heavy atom. The van der Waals surface area contributed by atoms with Crippen LogP contribution in [0.15, 0.2) is 76.9 Å². The molecule has 1 saturated heterocycles. The van der Waals surface area contributed by atoms with Gasteiger partial charge in [-0.05, 0) is 54.4 Å². The molecule has 39 heavy (non-hydrogen) atoms. The average molecular weight is 600 g/mol. The third-order valence-corrected chi connectivity index (χ3v) is 8.54. The van der Waals surface area contributed by atoms with Crippen LogP contribution >= 0.6 is 46.3 Å². The molecule has 1 unspecified atom stereocenters. The minimum absolute atomic E-state index is 0.0582. The summed E-state index contributed by atoms with van der Waals surface area (Å²) >= 11 is 14.8. The van der Waals surface area contributed by atoms with E-state index in [1.165, 1.54) is 40.4 Å². The third kappa shape index (κ3) is 5.65. The van der Waals surface area contributed by atoms with Crippen molar-refractivity contribution in [1.29, 1.82) is 0 Å². The number of nitrogens with zero attached hydrogens (tertiary/aromatic N) is 4. The molecule has 1 N–H and O–H groups in total. The van der Waals surface area contributed by atoms with Gasteiger partial charge in [0.25, 0.3) is 5.78 Å². The molecule has 0 spiro atoms. The maximum Gasteiger partial charge on any atom is 0.301 e. The highest BCUT2D eigenvalue weighted by Crippen LogP contribution is 2.44. The molecule has 2 aromatic heterocycles. The minimum Gasteiger partial charge on any atom is -0.507 e. The fourth-order valence-electron chi connectivity index (χ4n) is 4.09. The summed E-state index contributed by atoms with van der Waals surface area (Å²) in [5, 5.41) is 21.0. The molecule has 5 rings (SSSR count). The molecule has 12 heteroatoms. The molecule has 4 aromatic rings. The molecule has 1 atom stereocenters. The Morgan fingerprint density at radius 2 is 1.90 bits per heavy atom. The standard InChI is InChI=1S/C27H20Cl2N4O4S2/c1-2-37-19-5-3-4-16(12-19)22-21(23(34)15-8-10-30-11-9-15)24(35)25(36)33(22)26-31-32-27(39-26)38-14-17-6-7-18(28)13-20(17)29/h3-13,22,34H,2,14H2,1H3. The number of rotatable bonds is 8. The van der Waals surface area contributed by atoms with Crippen molar-refractivity contribution >= 4 is 68.9 Å². The van der Waals surface area contributed by atoms with E-state index in [0.717, 1.165) is 5.56 Å². The average Bonchev–Trinajstić information content (AvgIpc) is 3.50. The van der Waals surface area contributed by atoms with Gasteiger partial charge in [-0.1, -0.05) is 64.5 Å². The Labute approximate surface area is 242 Å². The van der Waals surface area contributed by atoms with Crippen molar-refractivity contribution in [3.8, 4) is 5.75 Å². The molecule has 0 saturated carbocycles. The van der Waals surface area contributed by atoms with Crippen LogP contribution in [0.4, 0.5) is 5.13 Å². The van der Waals surface area contributed by atoms with Crippen molar-refractivity contribution in [3.05, 3.63) is 99.3 Å². The summed E-state index contributed by atoms with van der Waals surface area (Å²) < 4.78 is 6.23. The lowest BCUT2D eigenvalue weighted by atomic mass is 9.95. The second kappa shape index (κ2) is 11.7. The summed E-state index contributed by atoms with van der Waals surface area (Å²) in [6.45, 7) is 2.30. The summed E-state index contributed by atoms with van der Waals surface area (Å²) in [4.78, 5) is 32.0. The zero-order valence-corrected chi connectivity index (χ0v) is 23.5. The van der Waals surface area contributed by atoms with Crippen molar-refractivity contribution in [1.82, 2.24) is 15.2 Å². The number of thioether (sulfide) groups is 1. The lowest BCUT2D eigenvalue weighted by molar-refractivity contribution is -0.132. The maximum atomic E-state index is 13.4. The lowest BCUT2D eigenvalue weighted by Gasteiger charge is -2.23. The molecule has 1 aliphatic rings. The highest BCUT2D eigenvalue weighted by atomic mass is 35.5. The van der Waals surface area contributed by atoms with Crippen LogP contribution in [-0.4, -0.2) is 38.6 Å². The van der Waals surface area contributed by atoms with Gasteiger partial charge in [0.1, 0.15) is 11.5 Å². The summed E-state index contributed by atoms with van der Waals surface area (Å²) in [5.74, 6) is -0.871. The van der Waals surface area contributed by atoms with Crippen molar-refractivity contribution in [3.63, 3.8) is 0 Å². The first-order chi connectivity index (χ1) is 18.9. The van der Waals surface area contributed by atoms with Crippen LogP contribution in [0.3, 0.4) is 0 Å². The maximum absolute atomic E-state index is 13.4. The smallest absolute Gasteiger partial charge is 0.301 e. The van der Waals surface area contributed by atoms with E-state index in [4.69, 9.17) is 27.9 Å². The number of aromatic nitrogens is 3. The monoisotopic (exact) mass is 598 g/mol. The number of anilines is 1. The second-order valence-electron chi connectivity index (χ2n) is 8.29. The molecule has 0 bridgehead atoms. The van der Waals surface area contributed by atoms with Gasteiger partial charge in [0.2, 0.25) is 5.13 Å². The van der Waals surface area contributed by atoms with Gasteiger partial charge in [-0.25, -0.2) is 0 Å². The Kier molecular flexibility index (Phi) is 8.18. The zero-order chi connectivity index (χ0) is 27.5. The highest BCUT2D eigenvalue weighted by molar-refractivity contribution is 8.00. The number of amides is 1. The van der Waals surface area contributed by atoms with Gasteiger partial charge in [-0.2, -0.15) is 0 Å². The van der Waals surface area contributed by atoms with E-state index in [2.05, 4.69) is 15.2 Å². The first-order valence-electron chi connectivity index (χ1n) is 11.7. The molecule has 3 heterocycles. The van der Waals surface area contributed by atoms with Gasteiger partial charge in [0, 0.05) is 33.8 Å². The molecular weight excluding hydrogens is 579 g/mol. The van der Waals surface area contributed by atoms with Crippen LogP contribution in [0.25, 0.3) is 5.76 Å². The summed E-state index contributed by atoms with van der Waals surface area (Å²) in [6.07, 6.45) is 2.99. The first kappa shape index (κ1) is 27.1. The Hall–Kier alpha value is -3.44. The van der Waals surface area contributed by atoms with E-state index in [-0.39, 0.29) is 16.5 Å². The normalized spacial score (nSPS) is 16.6. The highest BCUT2D eigenvalue weighted by Gasteiger charge is 2.48. The number of hydrogen-bond donors (Lipinski definition) is 1. The van der Waals surface area contributed by atoms with E-state index in [1.54, 1.807) is 48.5 Å². The SMILES string of the molecule is CCOc1cccc(C2C(=C(O)c3ccncc3)C(=O)C(=O)N2c2nnc(SCc3ccc(Cl)cc3Cl)s2)c1. The van der Waals surface area contributed by atoms with Gasteiger partial charge in [-0.15, -0.1) is 10.2 Å². The van der Waals surface area contributed by atoms with Crippen LogP contribution < -0.4 is 9.64 Å². The number of halogens is 2. The minimum atomic E-state index is -0.949. The number of carbonyl (C=O) groups is 2. The largest absolute Gasteiger partial charge is 0.507 e. The molecule has 1 amide bonds. The Bertz CT molecular complexity index is 1580. The van der Waals surface area contributed by atoms with Gasteiger partial charge >= 0.3 is 5.91 Å². The number of Topliss-reactive ketones (excluding diaryl/α,β-unsaturated/α-hetero) is 1. The molecule has 0 aliphatic carbocycles. The Morgan fingerprint density at radius 3 is 2.64 bits per heavy atom. The van der Waals surface area contributed by atoms with Gasteiger partial charge < -0.3 is 9.84 Å². The number of carbonyl (C=O) groups excluding carboxylic acids is 2. The van der Waals surface area contributed by atoms with E-state index in [1.807, 2.05) is 13.0 Å². The van der Waals surface area contributed by atoms with Crippen LogP contribution in [0.2, 0.25) is 10.0 Å². The van der Waals surface area contributed by atoms with Gasteiger partial charge in [-0.3, -0.25) is 19.5 Å². The van der Waals surface area contributed by atoms with Crippen LogP contribution in [0.1, 0.15) is 29.7 Å². The van der Waals surface area contributed by atoms with E-state index in [9.17, 15) is 14.7 Å². The van der Waals surface area contributed by atoms with Gasteiger partial charge in [0.05, 0.1) is 18.2 Å². The molecule has 0 radical (unpaired) electrons. The fraction of sp³-hybridized carbons (Fsp3) is 0.148. The fourth-order valence-corrected chi connectivity index (χ4v) is 6.51. The van der Waals surface area contributed by atoms with Crippen molar-refractivity contribution < 1.29 is 19.4 Å². The third-order valence-electron chi connectivity index (χ3n) is 5.85. The molecular formula is C27H20Cl2N4O4S2. The van der Waals surface area contributed by atoms with E-state index in [0.29, 0.717) is 43.6 Å². The lowest BCUT2D eigenvalue weighted by Crippen LogP contribution is -2.29. The number of pyridine rings is 1. The molecule has 2 aromatic carbocycles. The molecule has 8 nitrogen and oxygen atoms in total.